The number of benzene rings is 1. The molecule has 1 amide bonds. The van der Waals surface area contributed by atoms with Crippen molar-refractivity contribution in [2.45, 2.75) is 52.6 Å². The number of hydrogen-bond donors (Lipinski definition) is 1. The van der Waals surface area contributed by atoms with E-state index in [1.165, 1.54) is 7.11 Å². The summed E-state index contributed by atoms with van der Waals surface area (Å²) in [4.78, 5) is 24.8. The fourth-order valence-corrected chi connectivity index (χ4v) is 2.47. The highest BCUT2D eigenvalue weighted by atomic mass is 16.5. The SMILES string of the molecule is CCCO[C@](C)(CCC)C(=O)Nc1ccc(OC)c(C(=O)OCC)c1. The zero-order valence-electron chi connectivity index (χ0n) is 15.8. The first-order chi connectivity index (χ1) is 11.9. The Morgan fingerprint density at radius 2 is 1.88 bits per heavy atom. The van der Waals surface area contributed by atoms with Crippen LogP contribution < -0.4 is 10.1 Å². The maximum atomic E-state index is 12.7. The molecule has 0 spiro atoms. The van der Waals surface area contributed by atoms with Gasteiger partial charge < -0.3 is 19.5 Å². The Bertz CT molecular complexity index is 587. The molecule has 0 aliphatic carbocycles. The van der Waals surface area contributed by atoms with E-state index < -0.39 is 11.6 Å². The molecule has 0 bridgehead atoms. The molecule has 0 heterocycles. The molecule has 1 aromatic rings. The third kappa shape index (κ3) is 5.74. The van der Waals surface area contributed by atoms with Crippen molar-refractivity contribution in [3.63, 3.8) is 0 Å². The zero-order valence-corrected chi connectivity index (χ0v) is 15.8. The first-order valence-corrected chi connectivity index (χ1v) is 8.72. The lowest BCUT2D eigenvalue weighted by Gasteiger charge is -2.28. The van der Waals surface area contributed by atoms with Crippen LogP contribution in [0.5, 0.6) is 5.75 Å². The van der Waals surface area contributed by atoms with Crippen molar-refractivity contribution in [1.82, 2.24) is 0 Å². The Kier molecular flexibility index (Phi) is 8.41. The van der Waals surface area contributed by atoms with Gasteiger partial charge in [-0.1, -0.05) is 20.3 Å². The molecular weight excluding hydrogens is 322 g/mol. The molecule has 0 unspecified atom stereocenters. The van der Waals surface area contributed by atoms with Crippen LogP contribution in [-0.4, -0.2) is 37.8 Å². The number of esters is 1. The molecule has 1 atom stereocenters. The highest BCUT2D eigenvalue weighted by Gasteiger charge is 2.33. The Morgan fingerprint density at radius 1 is 1.16 bits per heavy atom. The summed E-state index contributed by atoms with van der Waals surface area (Å²) in [6, 6.07) is 4.87. The van der Waals surface area contributed by atoms with E-state index in [2.05, 4.69) is 5.32 Å². The monoisotopic (exact) mass is 351 g/mol. The Balaban J connectivity index is 3.02. The summed E-state index contributed by atoms with van der Waals surface area (Å²) in [6.45, 7) is 8.31. The summed E-state index contributed by atoms with van der Waals surface area (Å²) in [7, 11) is 1.48. The van der Waals surface area contributed by atoms with Crippen molar-refractivity contribution in [3.05, 3.63) is 23.8 Å². The molecule has 0 fully saturated rings. The zero-order chi connectivity index (χ0) is 18.9. The maximum Gasteiger partial charge on any atom is 0.341 e. The number of nitrogens with one attached hydrogen (secondary N) is 1. The second-order valence-electron chi connectivity index (χ2n) is 5.92. The minimum Gasteiger partial charge on any atom is -0.496 e. The van der Waals surface area contributed by atoms with Gasteiger partial charge in [0.25, 0.3) is 5.91 Å². The topological polar surface area (TPSA) is 73.9 Å². The number of carbonyl (C=O) groups excluding carboxylic acids is 2. The van der Waals surface area contributed by atoms with Gasteiger partial charge >= 0.3 is 5.97 Å². The fraction of sp³-hybridized carbons (Fsp3) is 0.579. The van der Waals surface area contributed by atoms with Crippen LogP contribution in [0.25, 0.3) is 0 Å². The van der Waals surface area contributed by atoms with Crippen molar-refractivity contribution in [2.24, 2.45) is 0 Å². The lowest BCUT2D eigenvalue weighted by molar-refractivity contribution is -0.140. The van der Waals surface area contributed by atoms with Gasteiger partial charge in [0, 0.05) is 12.3 Å². The number of rotatable bonds is 10. The fourth-order valence-electron chi connectivity index (χ4n) is 2.47. The van der Waals surface area contributed by atoms with Gasteiger partial charge in [-0.2, -0.15) is 0 Å². The van der Waals surface area contributed by atoms with Crippen molar-refractivity contribution in [2.75, 3.05) is 25.6 Å². The minimum atomic E-state index is -0.908. The van der Waals surface area contributed by atoms with Crippen LogP contribution in [0.1, 0.15) is 57.3 Å². The van der Waals surface area contributed by atoms with E-state index in [4.69, 9.17) is 14.2 Å². The van der Waals surface area contributed by atoms with Crippen LogP contribution in [0.4, 0.5) is 5.69 Å². The van der Waals surface area contributed by atoms with Crippen LogP contribution in [0.2, 0.25) is 0 Å². The van der Waals surface area contributed by atoms with E-state index in [1.807, 2.05) is 13.8 Å². The lowest BCUT2D eigenvalue weighted by Crippen LogP contribution is -2.43. The summed E-state index contributed by atoms with van der Waals surface area (Å²) in [6.07, 6.45) is 2.27. The second-order valence-corrected chi connectivity index (χ2v) is 5.92. The van der Waals surface area contributed by atoms with Gasteiger partial charge in [0.05, 0.1) is 13.7 Å². The van der Waals surface area contributed by atoms with Crippen molar-refractivity contribution < 1.29 is 23.8 Å². The number of methoxy groups -OCH3 is 1. The predicted molar refractivity (Wildman–Crippen MR) is 97.1 cm³/mol. The predicted octanol–water partition coefficient (Wildman–Crippen LogP) is 3.80. The molecule has 1 aromatic carbocycles. The Labute approximate surface area is 149 Å². The molecule has 0 aliphatic rings. The molecule has 1 N–H and O–H groups in total. The number of carbonyl (C=O) groups is 2. The molecule has 25 heavy (non-hydrogen) atoms. The molecular formula is C19H29NO5. The van der Waals surface area contributed by atoms with E-state index in [0.29, 0.717) is 24.5 Å². The molecule has 6 heteroatoms. The standard InChI is InChI=1S/C19H29NO5/c1-6-11-19(4,25-12-7-2)18(22)20-14-9-10-16(23-5)15(13-14)17(21)24-8-3/h9-10,13H,6-8,11-12H2,1-5H3,(H,20,22)/t19-/m1/s1. The highest BCUT2D eigenvalue weighted by molar-refractivity contribution is 5.99. The van der Waals surface area contributed by atoms with Gasteiger partial charge in [0.1, 0.15) is 16.9 Å². The van der Waals surface area contributed by atoms with Crippen molar-refractivity contribution >= 4 is 17.6 Å². The van der Waals surface area contributed by atoms with Crippen LogP contribution >= 0.6 is 0 Å². The molecule has 140 valence electrons. The largest absolute Gasteiger partial charge is 0.496 e. The van der Waals surface area contributed by atoms with E-state index in [9.17, 15) is 9.59 Å². The molecule has 0 aromatic heterocycles. The van der Waals surface area contributed by atoms with E-state index in [1.54, 1.807) is 32.0 Å². The highest BCUT2D eigenvalue weighted by Crippen LogP contribution is 2.26. The van der Waals surface area contributed by atoms with Gasteiger partial charge in [-0.3, -0.25) is 4.79 Å². The summed E-state index contributed by atoms with van der Waals surface area (Å²) >= 11 is 0. The average molecular weight is 351 g/mol. The number of amides is 1. The smallest absolute Gasteiger partial charge is 0.341 e. The summed E-state index contributed by atoms with van der Waals surface area (Å²) in [5.41, 5.74) is -0.139. The third-order valence-corrected chi connectivity index (χ3v) is 3.78. The normalized spacial score (nSPS) is 13.0. The molecule has 0 saturated carbocycles. The lowest BCUT2D eigenvalue weighted by atomic mass is 9.98. The molecule has 6 nitrogen and oxygen atoms in total. The van der Waals surface area contributed by atoms with Gasteiger partial charge in [-0.05, 0) is 44.9 Å². The first-order valence-electron chi connectivity index (χ1n) is 8.72. The average Bonchev–Trinajstić information content (AvgIpc) is 2.60. The Hall–Kier alpha value is -2.08. The summed E-state index contributed by atoms with van der Waals surface area (Å²) < 4.78 is 16.0. The molecule has 0 radical (unpaired) electrons. The molecule has 1 rings (SSSR count). The summed E-state index contributed by atoms with van der Waals surface area (Å²) in [5.74, 6) is -0.327. The quantitative estimate of drug-likeness (QED) is 0.649. The summed E-state index contributed by atoms with van der Waals surface area (Å²) in [5, 5.41) is 2.84. The third-order valence-electron chi connectivity index (χ3n) is 3.78. The van der Waals surface area contributed by atoms with Gasteiger partial charge in [-0.25, -0.2) is 4.79 Å². The van der Waals surface area contributed by atoms with Gasteiger partial charge in [0.15, 0.2) is 0 Å². The first kappa shape index (κ1) is 21.0. The second kappa shape index (κ2) is 10.0. The van der Waals surface area contributed by atoms with Gasteiger partial charge in [-0.15, -0.1) is 0 Å². The van der Waals surface area contributed by atoms with Crippen LogP contribution in [0.15, 0.2) is 18.2 Å². The maximum absolute atomic E-state index is 12.7. The van der Waals surface area contributed by atoms with Crippen LogP contribution in [0, 0.1) is 0 Å². The van der Waals surface area contributed by atoms with Crippen molar-refractivity contribution in [1.29, 1.82) is 0 Å². The Morgan fingerprint density at radius 3 is 2.44 bits per heavy atom. The van der Waals surface area contributed by atoms with E-state index in [-0.39, 0.29) is 18.1 Å². The van der Waals surface area contributed by atoms with E-state index in [0.717, 1.165) is 12.8 Å². The van der Waals surface area contributed by atoms with Crippen LogP contribution in [-0.2, 0) is 14.3 Å². The van der Waals surface area contributed by atoms with E-state index >= 15 is 0 Å². The number of hydrogen-bond acceptors (Lipinski definition) is 5. The van der Waals surface area contributed by atoms with Crippen LogP contribution in [0.3, 0.4) is 0 Å². The number of anilines is 1. The molecule has 0 saturated heterocycles. The minimum absolute atomic E-state index is 0.234. The van der Waals surface area contributed by atoms with Gasteiger partial charge in [0.2, 0.25) is 0 Å². The number of ether oxygens (including phenoxy) is 3. The molecule has 0 aliphatic heterocycles. The van der Waals surface area contributed by atoms with Crippen molar-refractivity contribution in [3.8, 4) is 5.75 Å².